The van der Waals surface area contributed by atoms with Crippen LogP contribution in [0.4, 0.5) is 10.1 Å². The summed E-state index contributed by atoms with van der Waals surface area (Å²) in [5, 5.41) is 5.44. The first-order valence-electron chi connectivity index (χ1n) is 10.7. The van der Waals surface area contributed by atoms with Gasteiger partial charge in [0.15, 0.2) is 12.3 Å². The minimum absolute atomic E-state index is 0.105. The van der Waals surface area contributed by atoms with E-state index in [-0.39, 0.29) is 18.3 Å². The molecule has 0 atom stereocenters. The van der Waals surface area contributed by atoms with Gasteiger partial charge in [-0.3, -0.25) is 4.79 Å². The number of amides is 1. The molecule has 0 bridgehead atoms. The van der Waals surface area contributed by atoms with Crippen LogP contribution in [-0.2, 0) is 11.2 Å². The number of benzene rings is 2. The third-order valence-corrected chi connectivity index (χ3v) is 5.79. The number of halogens is 1. The Kier molecular flexibility index (Phi) is 5.09. The van der Waals surface area contributed by atoms with E-state index < -0.39 is 0 Å². The predicted octanol–water partition coefficient (Wildman–Crippen LogP) is 4.53. The number of ether oxygens (including phenoxy) is 1. The predicted molar refractivity (Wildman–Crippen MR) is 121 cm³/mol. The number of carbonyl (C=O) groups is 1. The average Bonchev–Trinajstić information content (AvgIpc) is 3.14. The second kappa shape index (κ2) is 8.07. The third kappa shape index (κ3) is 3.60. The van der Waals surface area contributed by atoms with Crippen molar-refractivity contribution in [3.8, 4) is 11.6 Å². The standard InChI is InChI=1S/C25H23FN4O2/c1-16-13-22(32-15-23(31)29-12-6-8-18-7-3-4-11-21(18)29)27-25-24(16)17(2)28-30(25)20-10-5-9-19(26)14-20/h3-5,7,9-11,13-14H,6,8,12,15H2,1-2H3. The van der Waals surface area contributed by atoms with Gasteiger partial charge in [-0.25, -0.2) is 9.07 Å². The van der Waals surface area contributed by atoms with Crippen LogP contribution in [0.1, 0.15) is 23.2 Å². The van der Waals surface area contributed by atoms with Crippen molar-refractivity contribution in [2.75, 3.05) is 18.1 Å². The van der Waals surface area contributed by atoms with Crippen LogP contribution >= 0.6 is 0 Å². The number of para-hydroxylation sites is 1. The molecule has 4 aromatic rings. The van der Waals surface area contributed by atoms with Gasteiger partial charge in [-0.2, -0.15) is 10.1 Å². The van der Waals surface area contributed by atoms with E-state index >= 15 is 0 Å². The van der Waals surface area contributed by atoms with E-state index in [1.807, 2.05) is 38.1 Å². The van der Waals surface area contributed by atoms with Crippen LogP contribution < -0.4 is 9.64 Å². The van der Waals surface area contributed by atoms with Crippen molar-refractivity contribution in [3.63, 3.8) is 0 Å². The number of fused-ring (bicyclic) bond motifs is 2. The molecule has 0 saturated heterocycles. The number of rotatable bonds is 4. The second-order valence-electron chi connectivity index (χ2n) is 8.02. The van der Waals surface area contributed by atoms with E-state index in [0.29, 0.717) is 23.8 Å². The minimum atomic E-state index is -0.347. The van der Waals surface area contributed by atoms with Gasteiger partial charge in [-0.1, -0.05) is 24.3 Å². The fraction of sp³-hybridized carbons (Fsp3) is 0.240. The first kappa shape index (κ1) is 20.2. The monoisotopic (exact) mass is 430 g/mol. The summed E-state index contributed by atoms with van der Waals surface area (Å²) >= 11 is 0. The fourth-order valence-electron chi connectivity index (χ4n) is 4.34. The molecule has 6 nitrogen and oxygen atoms in total. The Morgan fingerprint density at radius 1 is 1.12 bits per heavy atom. The summed E-state index contributed by atoms with van der Waals surface area (Å²) in [5.74, 6) is -0.113. The maximum Gasteiger partial charge on any atom is 0.264 e. The van der Waals surface area contributed by atoms with Crippen molar-refractivity contribution in [1.82, 2.24) is 14.8 Å². The molecule has 0 N–H and O–H groups in total. The Bertz CT molecular complexity index is 1330. The summed E-state index contributed by atoms with van der Waals surface area (Å²) in [6, 6.07) is 16.0. The van der Waals surface area contributed by atoms with Crippen molar-refractivity contribution >= 4 is 22.6 Å². The van der Waals surface area contributed by atoms with Gasteiger partial charge in [0.2, 0.25) is 5.88 Å². The molecule has 0 radical (unpaired) electrons. The lowest BCUT2D eigenvalue weighted by Crippen LogP contribution is -2.38. The summed E-state index contributed by atoms with van der Waals surface area (Å²) < 4.78 is 21.2. The first-order valence-corrected chi connectivity index (χ1v) is 10.7. The van der Waals surface area contributed by atoms with E-state index in [2.05, 4.69) is 16.1 Å². The Labute approximate surface area is 185 Å². The Morgan fingerprint density at radius 2 is 1.97 bits per heavy atom. The summed E-state index contributed by atoms with van der Waals surface area (Å²) in [7, 11) is 0. The van der Waals surface area contributed by atoms with E-state index in [0.717, 1.165) is 35.2 Å². The highest BCUT2D eigenvalue weighted by molar-refractivity contribution is 5.95. The molecule has 0 unspecified atom stereocenters. The van der Waals surface area contributed by atoms with Crippen molar-refractivity contribution in [2.45, 2.75) is 26.7 Å². The molecular weight excluding hydrogens is 407 g/mol. The van der Waals surface area contributed by atoms with Gasteiger partial charge in [-0.05, 0) is 62.1 Å². The van der Waals surface area contributed by atoms with Crippen LogP contribution in [0, 0.1) is 19.7 Å². The molecule has 32 heavy (non-hydrogen) atoms. The van der Waals surface area contributed by atoms with Crippen LogP contribution in [0.15, 0.2) is 54.6 Å². The van der Waals surface area contributed by atoms with Crippen LogP contribution in [0.3, 0.4) is 0 Å². The lowest BCUT2D eigenvalue weighted by Gasteiger charge is -2.29. The molecule has 0 saturated carbocycles. The fourth-order valence-corrected chi connectivity index (χ4v) is 4.34. The Morgan fingerprint density at radius 3 is 2.81 bits per heavy atom. The zero-order chi connectivity index (χ0) is 22.2. The van der Waals surface area contributed by atoms with Gasteiger partial charge in [-0.15, -0.1) is 0 Å². The smallest absolute Gasteiger partial charge is 0.264 e. The second-order valence-corrected chi connectivity index (χ2v) is 8.02. The molecule has 0 fully saturated rings. The van der Waals surface area contributed by atoms with E-state index in [1.165, 1.54) is 17.7 Å². The molecule has 1 amide bonds. The molecular formula is C25H23FN4O2. The van der Waals surface area contributed by atoms with Crippen molar-refractivity contribution < 1.29 is 13.9 Å². The van der Waals surface area contributed by atoms with Crippen molar-refractivity contribution in [1.29, 1.82) is 0 Å². The SMILES string of the molecule is Cc1cc(OCC(=O)N2CCCc3ccccc32)nc2c1c(C)nn2-c1cccc(F)c1. The third-order valence-electron chi connectivity index (χ3n) is 5.79. The van der Waals surface area contributed by atoms with Crippen molar-refractivity contribution in [3.05, 3.63) is 77.2 Å². The highest BCUT2D eigenvalue weighted by Crippen LogP contribution is 2.28. The number of nitrogens with zero attached hydrogens (tertiary/aromatic N) is 4. The molecule has 162 valence electrons. The molecule has 1 aliphatic heterocycles. The number of hydrogen-bond donors (Lipinski definition) is 0. The average molecular weight is 430 g/mol. The zero-order valence-corrected chi connectivity index (χ0v) is 18.0. The topological polar surface area (TPSA) is 60.2 Å². The van der Waals surface area contributed by atoms with E-state index in [4.69, 9.17) is 4.74 Å². The molecule has 5 rings (SSSR count). The molecule has 2 aromatic heterocycles. The summed E-state index contributed by atoms with van der Waals surface area (Å²) in [6.45, 7) is 4.41. The normalized spacial score (nSPS) is 13.3. The summed E-state index contributed by atoms with van der Waals surface area (Å²) in [4.78, 5) is 19.3. The summed E-state index contributed by atoms with van der Waals surface area (Å²) in [5.41, 5.74) is 5.00. The number of aryl methyl sites for hydroxylation is 3. The molecule has 3 heterocycles. The van der Waals surface area contributed by atoms with Crippen LogP contribution in [0.2, 0.25) is 0 Å². The number of hydrogen-bond acceptors (Lipinski definition) is 4. The van der Waals surface area contributed by atoms with E-state index in [9.17, 15) is 9.18 Å². The lowest BCUT2D eigenvalue weighted by atomic mass is 10.0. The largest absolute Gasteiger partial charge is 0.467 e. The maximum absolute atomic E-state index is 13.8. The highest BCUT2D eigenvalue weighted by Gasteiger charge is 2.23. The first-order chi connectivity index (χ1) is 15.5. The van der Waals surface area contributed by atoms with Crippen LogP contribution in [0.5, 0.6) is 5.88 Å². The zero-order valence-electron chi connectivity index (χ0n) is 18.0. The highest BCUT2D eigenvalue weighted by atomic mass is 19.1. The summed E-state index contributed by atoms with van der Waals surface area (Å²) in [6.07, 6.45) is 1.90. The number of aromatic nitrogens is 3. The van der Waals surface area contributed by atoms with Gasteiger partial charge >= 0.3 is 0 Å². The van der Waals surface area contributed by atoms with Gasteiger partial charge in [0.25, 0.3) is 5.91 Å². The maximum atomic E-state index is 13.8. The van der Waals surface area contributed by atoms with Gasteiger partial charge < -0.3 is 9.64 Å². The Hall–Kier alpha value is -3.74. The molecule has 1 aliphatic rings. The molecule has 0 spiro atoms. The Balaban J connectivity index is 1.43. The van der Waals surface area contributed by atoms with Gasteiger partial charge in [0, 0.05) is 23.7 Å². The molecule has 2 aromatic carbocycles. The quantitative estimate of drug-likeness (QED) is 0.477. The minimum Gasteiger partial charge on any atom is -0.467 e. The molecule has 0 aliphatic carbocycles. The van der Waals surface area contributed by atoms with Crippen LogP contribution in [0.25, 0.3) is 16.7 Å². The number of carbonyl (C=O) groups excluding carboxylic acids is 1. The van der Waals surface area contributed by atoms with Crippen molar-refractivity contribution in [2.24, 2.45) is 0 Å². The van der Waals surface area contributed by atoms with E-state index in [1.54, 1.807) is 21.7 Å². The molecule has 7 heteroatoms. The van der Waals surface area contributed by atoms with Gasteiger partial charge in [0.1, 0.15) is 5.82 Å². The van der Waals surface area contributed by atoms with Crippen LogP contribution in [-0.4, -0.2) is 33.8 Å². The number of anilines is 1. The van der Waals surface area contributed by atoms with Gasteiger partial charge in [0.05, 0.1) is 11.4 Å². The number of pyridine rings is 1. The lowest BCUT2D eigenvalue weighted by molar-refractivity contribution is -0.120.